The van der Waals surface area contributed by atoms with Gasteiger partial charge in [0.15, 0.2) is 5.82 Å². The first-order valence-corrected chi connectivity index (χ1v) is 11.8. The summed E-state index contributed by atoms with van der Waals surface area (Å²) in [5.41, 5.74) is 2.93. The number of rotatable bonds is 6. The number of nitrogens with zero attached hydrogens (tertiary/aromatic N) is 4. The molecule has 0 saturated heterocycles. The lowest BCUT2D eigenvalue weighted by molar-refractivity contribution is 0.0506. The monoisotopic (exact) mass is 480 g/mol. The lowest BCUT2D eigenvalue weighted by Gasteiger charge is -2.24. The number of alkyl carbamates (subject to hydrolysis) is 1. The molecular weight excluding hydrogens is 452 g/mol. The first-order chi connectivity index (χ1) is 17.4. The summed E-state index contributed by atoms with van der Waals surface area (Å²) in [7, 11) is 0. The summed E-state index contributed by atoms with van der Waals surface area (Å²) in [5.74, 6) is 1.29. The summed E-state index contributed by atoms with van der Waals surface area (Å²) in [6.45, 7) is 5.94. The number of carbonyl (C=O) groups is 1. The molecule has 1 atom stereocenters. The molecule has 0 fully saturated rings. The van der Waals surface area contributed by atoms with Crippen LogP contribution in [-0.2, 0) is 4.74 Å². The number of anilines is 1. The molecule has 182 valence electrons. The molecule has 3 aromatic heterocycles. The van der Waals surface area contributed by atoms with Gasteiger partial charge in [-0.1, -0.05) is 42.5 Å². The summed E-state index contributed by atoms with van der Waals surface area (Å²) in [4.78, 5) is 26.6. The minimum Gasteiger partial charge on any atom is -0.444 e. The van der Waals surface area contributed by atoms with E-state index in [9.17, 15) is 4.79 Å². The zero-order valence-electron chi connectivity index (χ0n) is 20.5. The summed E-state index contributed by atoms with van der Waals surface area (Å²) in [6, 6.07) is 21.2. The molecule has 5 aromatic rings. The van der Waals surface area contributed by atoms with Crippen molar-refractivity contribution < 1.29 is 9.53 Å². The second-order valence-electron chi connectivity index (χ2n) is 9.51. The van der Waals surface area contributed by atoms with Gasteiger partial charge in [-0.25, -0.2) is 19.7 Å². The molecule has 0 aliphatic carbocycles. The number of nitrogens with one attached hydrogen (secondary N) is 2. The van der Waals surface area contributed by atoms with Crippen molar-refractivity contribution in [3.05, 3.63) is 90.9 Å². The van der Waals surface area contributed by atoms with Gasteiger partial charge < -0.3 is 19.8 Å². The lowest BCUT2D eigenvalue weighted by atomic mass is 10.1. The highest BCUT2D eigenvalue weighted by Gasteiger charge is 2.21. The molecule has 2 aromatic carbocycles. The molecule has 8 heteroatoms. The molecule has 0 unspecified atom stereocenters. The molecule has 0 bridgehead atoms. The van der Waals surface area contributed by atoms with E-state index in [0.717, 1.165) is 27.7 Å². The van der Waals surface area contributed by atoms with Crippen LogP contribution in [-0.4, -0.2) is 37.6 Å². The fraction of sp³-hybridized carbons (Fsp3) is 0.214. The first-order valence-electron chi connectivity index (χ1n) is 11.8. The highest BCUT2D eigenvalue weighted by Crippen LogP contribution is 2.26. The Bertz CT molecular complexity index is 1510. The van der Waals surface area contributed by atoms with E-state index in [2.05, 4.69) is 15.6 Å². The molecule has 36 heavy (non-hydrogen) atoms. The van der Waals surface area contributed by atoms with Crippen LogP contribution in [0.3, 0.4) is 0 Å². The molecule has 8 nitrogen and oxygen atoms in total. The van der Waals surface area contributed by atoms with Gasteiger partial charge in [-0.2, -0.15) is 0 Å². The van der Waals surface area contributed by atoms with Gasteiger partial charge in [0.1, 0.15) is 17.1 Å². The van der Waals surface area contributed by atoms with Gasteiger partial charge in [0.05, 0.1) is 11.6 Å². The maximum Gasteiger partial charge on any atom is 0.408 e. The van der Waals surface area contributed by atoms with E-state index in [-0.39, 0.29) is 6.04 Å². The van der Waals surface area contributed by atoms with Crippen LogP contribution in [0.25, 0.3) is 27.9 Å². The minimum absolute atomic E-state index is 0.333. The third-order valence-corrected chi connectivity index (χ3v) is 5.62. The predicted molar refractivity (Wildman–Crippen MR) is 141 cm³/mol. The normalized spacial score (nSPS) is 12.4. The summed E-state index contributed by atoms with van der Waals surface area (Å²) < 4.78 is 7.45. The molecule has 0 aliphatic heterocycles. The fourth-order valence-electron chi connectivity index (χ4n) is 3.98. The average molecular weight is 481 g/mol. The quantitative estimate of drug-likeness (QED) is 0.328. The predicted octanol–water partition coefficient (Wildman–Crippen LogP) is 5.62. The van der Waals surface area contributed by atoms with Gasteiger partial charge in [0.2, 0.25) is 0 Å². The Hall–Kier alpha value is -4.46. The van der Waals surface area contributed by atoms with Crippen LogP contribution >= 0.6 is 0 Å². The minimum atomic E-state index is -0.590. The number of aromatic nitrogens is 4. The van der Waals surface area contributed by atoms with E-state index in [1.54, 1.807) is 6.20 Å². The fourth-order valence-corrected chi connectivity index (χ4v) is 3.98. The van der Waals surface area contributed by atoms with Crippen molar-refractivity contribution in [1.82, 2.24) is 24.7 Å². The highest BCUT2D eigenvalue weighted by atomic mass is 16.6. The number of carbonyl (C=O) groups excluding carboxylic acids is 1. The Labute approximate surface area is 209 Å². The van der Waals surface area contributed by atoms with Crippen LogP contribution in [0, 0.1) is 0 Å². The standard InChI is InChI=1S/C28H28N6O2/c1-28(2,3)36-27(35)32-23(19-9-5-4-6-10-19)17-30-26-21-11-7-8-12-22(21)31-25(33-26)20-13-14-24-29-15-16-34(24)18-20/h4-16,18,23H,17H2,1-3H3,(H,32,35)(H,30,31,33)/t23-/m1/s1. The Kier molecular flexibility index (Phi) is 6.25. The SMILES string of the molecule is CC(C)(C)OC(=O)N[C@H](CNc1nc(-c2ccc3nccn3c2)nc2ccccc12)c1ccccc1. The maximum atomic E-state index is 12.6. The van der Waals surface area contributed by atoms with Crippen molar-refractivity contribution >= 4 is 28.5 Å². The number of ether oxygens (including phenoxy) is 1. The van der Waals surface area contributed by atoms with Crippen LogP contribution in [0.5, 0.6) is 0 Å². The number of fused-ring (bicyclic) bond motifs is 2. The number of hydrogen-bond donors (Lipinski definition) is 2. The van der Waals surface area contributed by atoms with Crippen LogP contribution in [0.1, 0.15) is 32.4 Å². The number of hydrogen-bond acceptors (Lipinski definition) is 6. The van der Waals surface area contributed by atoms with Gasteiger partial charge in [-0.15, -0.1) is 0 Å². The van der Waals surface area contributed by atoms with Crippen molar-refractivity contribution in [2.45, 2.75) is 32.4 Å². The second-order valence-corrected chi connectivity index (χ2v) is 9.51. The van der Waals surface area contributed by atoms with E-state index >= 15 is 0 Å². The third-order valence-electron chi connectivity index (χ3n) is 5.62. The molecular formula is C28H28N6O2. The summed E-state index contributed by atoms with van der Waals surface area (Å²) in [5, 5.41) is 7.35. The van der Waals surface area contributed by atoms with Crippen molar-refractivity contribution in [1.29, 1.82) is 0 Å². The number of imidazole rings is 1. The van der Waals surface area contributed by atoms with Crippen LogP contribution in [0.15, 0.2) is 85.3 Å². The highest BCUT2D eigenvalue weighted by molar-refractivity contribution is 5.90. The van der Waals surface area contributed by atoms with Gasteiger partial charge in [-0.3, -0.25) is 0 Å². The topological polar surface area (TPSA) is 93.4 Å². The van der Waals surface area contributed by atoms with Crippen molar-refractivity contribution in [3.8, 4) is 11.4 Å². The van der Waals surface area contributed by atoms with Crippen LogP contribution in [0.4, 0.5) is 10.6 Å². The first kappa shape index (κ1) is 23.3. The van der Waals surface area contributed by atoms with Crippen molar-refractivity contribution in [3.63, 3.8) is 0 Å². The van der Waals surface area contributed by atoms with Gasteiger partial charge in [0.25, 0.3) is 0 Å². The summed E-state index contributed by atoms with van der Waals surface area (Å²) in [6.07, 6.45) is 5.15. The number of amides is 1. The zero-order chi connectivity index (χ0) is 25.1. The van der Waals surface area contributed by atoms with Crippen LogP contribution < -0.4 is 10.6 Å². The van der Waals surface area contributed by atoms with E-state index in [1.807, 2.05) is 104 Å². The van der Waals surface area contributed by atoms with E-state index in [4.69, 9.17) is 14.7 Å². The lowest BCUT2D eigenvalue weighted by Crippen LogP contribution is -2.37. The molecule has 2 N–H and O–H groups in total. The maximum absolute atomic E-state index is 12.6. The smallest absolute Gasteiger partial charge is 0.408 e. The molecule has 3 heterocycles. The van der Waals surface area contributed by atoms with Gasteiger partial charge in [-0.05, 0) is 50.6 Å². The molecule has 5 rings (SSSR count). The Morgan fingerprint density at radius 1 is 1.00 bits per heavy atom. The number of pyridine rings is 1. The number of para-hydroxylation sites is 1. The second kappa shape index (κ2) is 9.65. The van der Waals surface area contributed by atoms with Crippen molar-refractivity contribution in [2.75, 3.05) is 11.9 Å². The van der Waals surface area contributed by atoms with E-state index < -0.39 is 11.7 Å². The summed E-state index contributed by atoms with van der Waals surface area (Å²) >= 11 is 0. The zero-order valence-corrected chi connectivity index (χ0v) is 20.5. The average Bonchev–Trinajstić information content (AvgIpc) is 3.33. The van der Waals surface area contributed by atoms with Crippen molar-refractivity contribution in [2.24, 2.45) is 0 Å². The molecule has 1 amide bonds. The largest absolute Gasteiger partial charge is 0.444 e. The molecule has 0 spiro atoms. The van der Waals surface area contributed by atoms with Gasteiger partial charge >= 0.3 is 6.09 Å². The Morgan fingerprint density at radius 3 is 2.58 bits per heavy atom. The van der Waals surface area contributed by atoms with E-state index in [0.29, 0.717) is 18.2 Å². The molecule has 0 radical (unpaired) electrons. The van der Waals surface area contributed by atoms with Gasteiger partial charge in [0, 0.05) is 36.1 Å². The number of benzene rings is 2. The van der Waals surface area contributed by atoms with Crippen LogP contribution in [0.2, 0.25) is 0 Å². The molecule has 0 aliphatic rings. The van der Waals surface area contributed by atoms with E-state index in [1.165, 1.54) is 0 Å². The Morgan fingerprint density at radius 2 is 1.78 bits per heavy atom. The third kappa shape index (κ3) is 5.27. The Balaban J connectivity index is 1.46. The molecule has 0 saturated carbocycles.